The largest absolute Gasteiger partial charge is 0.480 e. The Morgan fingerprint density at radius 1 is 1.37 bits per heavy atom. The number of nitrogens with zero attached hydrogens (tertiary/aromatic N) is 1. The summed E-state index contributed by atoms with van der Waals surface area (Å²) in [5.74, 6) is 0.460. The van der Waals surface area contributed by atoms with E-state index in [1.165, 1.54) is 0 Å². The smallest absolute Gasteiger partial charge is 0.329 e. The van der Waals surface area contributed by atoms with Crippen molar-refractivity contribution in [2.45, 2.75) is 32.2 Å². The number of aryl methyl sites for hydroxylation is 2. The number of thioether (sulfide) groups is 1. The van der Waals surface area contributed by atoms with E-state index in [1.54, 1.807) is 25.6 Å². The molecule has 1 aromatic rings. The molecule has 1 fully saturated rings. The van der Waals surface area contributed by atoms with Gasteiger partial charge in [-0.1, -0.05) is 5.16 Å². The minimum absolute atomic E-state index is 0.332. The summed E-state index contributed by atoms with van der Waals surface area (Å²) in [4.78, 5) is 23.7. The van der Waals surface area contributed by atoms with Gasteiger partial charge in [0.1, 0.15) is 16.9 Å². The lowest BCUT2D eigenvalue weighted by molar-refractivity contribution is -0.144. The quantitative estimate of drug-likeness (QED) is 0.871. The average molecular weight is 284 g/mol. The molecule has 1 aliphatic heterocycles. The lowest BCUT2D eigenvalue weighted by Gasteiger charge is -2.33. The van der Waals surface area contributed by atoms with E-state index >= 15 is 0 Å². The second-order valence-electron chi connectivity index (χ2n) is 4.65. The molecular weight excluding hydrogens is 268 g/mol. The highest BCUT2D eigenvalue weighted by molar-refractivity contribution is 7.99. The maximum absolute atomic E-state index is 12.2. The summed E-state index contributed by atoms with van der Waals surface area (Å²) in [7, 11) is 0. The topological polar surface area (TPSA) is 92.4 Å². The van der Waals surface area contributed by atoms with Gasteiger partial charge in [0.25, 0.3) is 5.91 Å². The van der Waals surface area contributed by atoms with Crippen LogP contribution in [-0.2, 0) is 4.79 Å². The van der Waals surface area contributed by atoms with Crippen molar-refractivity contribution in [3.05, 3.63) is 17.0 Å². The summed E-state index contributed by atoms with van der Waals surface area (Å²) in [5, 5.41) is 15.8. The van der Waals surface area contributed by atoms with Crippen molar-refractivity contribution < 1.29 is 19.2 Å². The predicted molar refractivity (Wildman–Crippen MR) is 70.4 cm³/mol. The molecule has 1 aromatic heterocycles. The number of carboxylic acids is 1. The van der Waals surface area contributed by atoms with Gasteiger partial charge in [-0.3, -0.25) is 4.79 Å². The van der Waals surface area contributed by atoms with E-state index in [4.69, 9.17) is 4.52 Å². The minimum Gasteiger partial charge on any atom is -0.480 e. The fourth-order valence-electron chi connectivity index (χ4n) is 2.20. The molecule has 0 unspecified atom stereocenters. The number of nitrogens with one attached hydrogen (secondary N) is 1. The predicted octanol–water partition coefficient (Wildman–Crippen LogP) is 1.37. The number of rotatable bonds is 3. The molecule has 7 heteroatoms. The first-order chi connectivity index (χ1) is 8.96. The summed E-state index contributed by atoms with van der Waals surface area (Å²) < 4.78 is 4.94. The first kappa shape index (κ1) is 13.9. The van der Waals surface area contributed by atoms with Gasteiger partial charge in [0.15, 0.2) is 0 Å². The number of carboxylic acid groups (broad SMARTS) is 1. The van der Waals surface area contributed by atoms with Crippen LogP contribution in [0.5, 0.6) is 0 Å². The minimum atomic E-state index is -1.17. The number of aromatic nitrogens is 1. The molecule has 2 heterocycles. The van der Waals surface area contributed by atoms with Crippen LogP contribution in [0.25, 0.3) is 0 Å². The van der Waals surface area contributed by atoms with Crippen molar-refractivity contribution in [2.24, 2.45) is 0 Å². The Morgan fingerprint density at radius 2 is 2.00 bits per heavy atom. The molecule has 2 N–H and O–H groups in total. The van der Waals surface area contributed by atoms with Crippen molar-refractivity contribution in [3.8, 4) is 0 Å². The van der Waals surface area contributed by atoms with E-state index in [0.717, 1.165) is 11.5 Å². The molecule has 0 atom stereocenters. The summed E-state index contributed by atoms with van der Waals surface area (Å²) in [5.41, 5.74) is -0.363. The van der Waals surface area contributed by atoms with Crippen LogP contribution in [0, 0.1) is 13.8 Å². The third kappa shape index (κ3) is 2.60. The number of carbonyl (C=O) groups is 2. The number of carbonyl (C=O) groups excluding carboxylic acids is 1. The molecular formula is C12H16N2O4S. The summed E-state index contributed by atoms with van der Waals surface area (Å²) in [6.07, 6.45) is 0.865. The Morgan fingerprint density at radius 3 is 2.47 bits per heavy atom. The molecule has 0 aromatic carbocycles. The Bertz CT molecular complexity index is 486. The Labute approximate surface area is 114 Å². The van der Waals surface area contributed by atoms with Crippen LogP contribution in [0.2, 0.25) is 0 Å². The third-order valence-corrected chi connectivity index (χ3v) is 4.35. The maximum atomic E-state index is 12.2. The normalized spacial score (nSPS) is 18.0. The van der Waals surface area contributed by atoms with E-state index in [-0.39, 0.29) is 0 Å². The van der Waals surface area contributed by atoms with Crippen LogP contribution in [0.15, 0.2) is 4.52 Å². The van der Waals surface area contributed by atoms with Gasteiger partial charge in [0, 0.05) is 0 Å². The summed E-state index contributed by atoms with van der Waals surface area (Å²) in [6, 6.07) is 0. The fourth-order valence-corrected chi connectivity index (χ4v) is 3.39. The summed E-state index contributed by atoms with van der Waals surface area (Å²) in [6.45, 7) is 3.30. The highest BCUT2D eigenvalue weighted by Crippen LogP contribution is 2.28. The molecule has 19 heavy (non-hydrogen) atoms. The van der Waals surface area contributed by atoms with E-state index < -0.39 is 17.4 Å². The first-order valence-electron chi connectivity index (χ1n) is 6.03. The van der Waals surface area contributed by atoms with Crippen LogP contribution >= 0.6 is 11.8 Å². The fraction of sp³-hybridized carbons (Fsp3) is 0.583. The molecule has 0 spiro atoms. The van der Waals surface area contributed by atoms with E-state index in [1.807, 2.05) is 0 Å². The van der Waals surface area contributed by atoms with Crippen LogP contribution in [0.4, 0.5) is 0 Å². The van der Waals surface area contributed by atoms with Crippen LogP contribution in [0.3, 0.4) is 0 Å². The molecule has 6 nitrogen and oxygen atoms in total. The Hall–Kier alpha value is -1.50. The number of amides is 1. The van der Waals surface area contributed by atoms with Gasteiger partial charge in [-0.2, -0.15) is 11.8 Å². The highest BCUT2D eigenvalue weighted by atomic mass is 32.2. The molecule has 2 rings (SSSR count). The molecule has 104 valence electrons. The zero-order valence-electron chi connectivity index (χ0n) is 10.9. The zero-order chi connectivity index (χ0) is 14.0. The Balaban J connectivity index is 2.23. The van der Waals surface area contributed by atoms with Crippen molar-refractivity contribution >= 4 is 23.6 Å². The van der Waals surface area contributed by atoms with Gasteiger partial charge in [-0.25, -0.2) is 4.79 Å². The van der Waals surface area contributed by atoms with Gasteiger partial charge in [0.2, 0.25) is 0 Å². The summed E-state index contributed by atoms with van der Waals surface area (Å²) >= 11 is 1.70. The zero-order valence-corrected chi connectivity index (χ0v) is 11.7. The van der Waals surface area contributed by atoms with E-state index in [2.05, 4.69) is 10.5 Å². The number of aliphatic carboxylic acids is 1. The molecule has 0 aliphatic carbocycles. The molecule has 1 aliphatic rings. The molecule has 1 saturated heterocycles. The van der Waals surface area contributed by atoms with Gasteiger partial charge < -0.3 is 14.9 Å². The number of hydrogen-bond donors (Lipinski definition) is 2. The van der Waals surface area contributed by atoms with Gasteiger partial charge in [-0.05, 0) is 38.2 Å². The van der Waals surface area contributed by atoms with Gasteiger partial charge in [0.05, 0.1) is 5.69 Å². The Kier molecular flexibility index (Phi) is 3.84. The van der Waals surface area contributed by atoms with Crippen LogP contribution < -0.4 is 5.32 Å². The highest BCUT2D eigenvalue weighted by Gasteiger charge is 2.42. The monoisotopic (exact) mass is 284 g/mol. The van der Waals surface area contributed by atoms with E-state index in [9.17, 15) is 14.7 Å². The average Bonchev–Trinajstić information content (AvgIpc) is 2.70. The second kappa shape index (κ2) is 5.24. The van der Waals surface area contributed by atoms with Crippen molar-refractivity contribution in [3.63, 3.8) is 0 Å². The number of hydrogen-bond acceptors (Lipinski definition) is 5. The lowest BCUT2D eigenvalue weighted by atomic mass is 9.91. The first-order valence-corrected chi connectivity index (χ1v) is 7.18. The third-order valence-electron chi connectivity index (χ3n) is 3.37. The molecule has 0 saturated carbocycles. The SMILES string of the molecule is Cc1noc(C)c1C(=O)NC1(C(=O)O)CCSCC1. The standard InChI is InChI=1S/C12H16N2O4S/c1-7-9(8(2)18-14-7)10(15)13-12(11(16)17)3-5-19-6-4-12/h3-6H2,1-2H3,(H,13,15)(H,16,17). The second-order valence-corrected chi connectivity index (χ2v) is 5.88. The van der Waals surface area contributed by atoms with Crippen LogP contribution in [-0.4, -0.2) is 39.2 Å². The molecule has 0 bridgehead atoms. The van der Waals surface area contributed by atoms with Gasteiger partial charge in [-0.15, -0.1) is 0 Å². The maximum Gasteiger partial charge on any atom is 0.329 e. The van der Waals surface area contributed by atoms with Crippen molar-refractivity contribution in [2.75, 3.05) is 11.5 Å². The molecule has 0 radical (unpaired) electrons. The van der Waals surface area contributed by atoms with E-state index in [0.29, 0.717) is 29.9 Å². The molecule has 1 amide bonds. The van der Waals surface area contributed by atoms with Crippen molar-refractivity contribution in [1.29, 1.82) is 0 Å². The van der Waals surface area contributed by atoms with Crippen molar-refractivity contribution in [1.82, 2.24) is 10.5 Å². The van der Waals surface area contributed by atoms with Crippen LogP contribution in [0.1, 0.15) is 34.7 Å². The lowest BCUT2D eigenvalue weighted by Crippen LogP contribution is -2.56. The van der Waals surface area contributed by atoms with Gasteiger partial charge >= 0.3 is 5.97 Å².